The van der Waals surface area contributed by atoms with Crippen LogP contribution in [0, 0.1) is 13.8 Å². The molecule has 168 valence electrons. The highest BCUT2D eigenvalue weighted by atomic mass is 16.5. The maximum absolute atomic E-state index is 13.6. The Morgan fingerprint density at radius 2 is 1.52 bits per heavy atom. The lowest BCUT2D eigenvalue weighted by atomic mass is 10.0. The fourth-order valence-corrected chi connectivity index (χ4v) is 3.93. The van der Waals surface area contributed by atoms with Crippen molar-refractivity contribution in [3.8, 4) is 11.5 Å². The smallest absolute Gasteiger partial charge is 0.344 e. The average Bonchev–Trinajstić information content (AvgIpc) is 2.78. The van der Waals surface area contributed by atoms with Crippen molar-refractivity contribution < 1.29 is 23.8 Å². The quantitative estimate of drug-likeness (QED) is 0.221. The molecule has 0 saturated heterocycles. The van der Waals surface area contributed by atoms with E-state index in [-0.39, 0.29) is 6.10 Å². The Kier molecular flexibility index (Phi) is 6.01. The predicted octanol–water partition coefficient (Wildman–Crippen LogP) is 5.80. The maximum atomic E-state index is 13.6. The highest BCUT2D eigenvalue weighted by Crippen LogP contribution is 2.32. The fraction of sp³-hybridized carbons (Fsp3) is 0.222. The number of fused-ring (bicyclic) bond motifs is 2. The van der Waals surface area contributed by atoms with Gasteiger partial charge in [0.2, 0.25) is 0 Å². The molecule has 6 nitrogen and oxygen atoms in total. The zero-order valence-electron chi connectivity index (χ0n) is 19.3. The summed E-state index contributed by atoms with van der Waals surface area (Å²) >= 11 is 0. The number of ether oxygens (including phenoxy) is 3. The highest BCUT2D eigenvalue weighted by Gasteiger charge is 2.21. The molecule has 0 unspecified atom stereocenters. The Morgan fingerprint density at radius 3 is 2.18 bits per heavy atom. The number of methoxy groups -OCH3 is 1. The van der Waals surface area contributed by atoms with Gasteiger partial charge in [-0.05, 0) is 75.2 Å². The molecule has 33 heavy (non-hydrogen) atoms. The number of esters is 2. The van der Waals surface area contributed by atoms with Crippen molar-refractivity contribution in [3.63, 3.8) is 0 Å². The second-order valence-corrected chi connectivity index (χ2v) is 8.17. The van der Waals surface area contributed by atoms with Crippen LogP contribution in [0.2, 0.25) is 0 Å². The van der Waals surface area contributed by atoms with Crippen molar-refractivity contribution in [1.82, 2.24) is 4.98 Å². The van der Waals surface area contributed by atoms with Crippen LogP contribution in [0.15, 0.2) is 54.6 Å². The summed E-state index contributed by atoms with van der Waals surface area (Å²) in [4.78, 5) is 30.2. The Morgan fingerprint density at radius 1 is 0.848 bits per heavy atom. The number of pyridine rings is 1. The van der Waals surface area contributed by atoms with Crippen LogP contribution in [0.3, 0.4) is 0 Å². The van der Waals surface area contributed by atoms with Crippen molar-refractivity contribution in [2.24, 2.45) is 0 Å². The van der Waals surface area contributed by atoms with Gasteiger partial charge in [0, 0.05) is 10.8 Å². The van der Waals surface area contributed by atoms with E-state index in [1.807, 2.05) is 56.3 Å². The lowest BCUT2D eigenvalue weighted by Gasteiger charge is -2.15. The molecule has 3 aromatic carbocycles. The Balaban J connectivity index is 1.85. The number of carbonyl (C=O) groups is 2. The van der Waals surface area contributed by atoms with Crippen LogP contribution in [-0.2, 0) is 4.74 Å². The third-order valence-corrected chi connectivity index (χ3v) is 5.30. The molecule has 0 spiro atoms. The molecular weight excluding hydrogens is 418 g/mol. The summed E-state index contributed by atoms with van der Waals surface area (Å²) in [6, 6.07) is 16.3. The second kappa shape index (κ2) is 8.90. The predicted molar refractivity (Wildman–Crippen MR) is 127 cm³/mol. The van der Waals surface area contributed by atoms with Crippen LogP contribution in [0.1, 0.15) is 45.7 Å². The molecular formula is C27H25NO5. The zero-order chi connectivity index (χ0) is 23.7. The largest absolute Gasteiger partial charge is 0.491 e. The van der Waals surface area contributed by atoms with Crippen LogP contribution < -0.4 is 9.47 Å². The fourth-order valence-electron chi connectivity index (χ4n) is 3.93. The summed E-state index contributed by atoms with van der Waals surface area (Å²) in [6.45, 7) is 7.47. The van der Waals surface area contributed by atoms with Crippen molar-refractivity contribution in [2.75, 3.05) is 7.11 Å². The van der Waals surface area contributed by atoms with Gasteiger partial charge in [0.25, 0.3) is 0 Å². The minimum absolute atomic E-state index is 0.00936. The minimum atomic E-state index is -0.502. The van der Waals surface area contributed by atoms with Gasteiger partial charge in [0.05, 0.1) is 35.4 Å². The molecule has 1 aromatic heterocycles. The van der Waals surface area contributed by atoms with Gasteiger partial charge in [0.15, 0.2) is 0 Å². The van der Waals surface area contributed by atoms with Crippen LogP contribution in [0.5, 0.6) is 11.5 Å². The number of aryl methyl sites for hydroxylation is 2. The van der Waals surface area contributed by atoms with Crippen molar-refractivity contribution >= 4 is 33.7 Å². The van der Waals surface area contributed by atoms with E-state index in [0.29, 0.717) is 55.6 Å². The first-order chi connectivity index (χ1) is 15.8. The maximum Gasteiger partial charge on any atom is 0.344 e. The summed E-state index contributed by atoms with van der Waals surface area (Å²) in [5.41, 5.74) is 3.52. The van der Waals surface area contributed by atoms with Crippen molar-refractivity contribution in [1.29, 1.82) is 0 Å². The third-order valence-electron chi connectivity index (χ3n) is 5.30. The van der Waals surface area contributed by atoms with E-state index >= 15 is 0 Å². The van der Waals surface area contributed by atoms with Gasteiger partial charge in [-0.1, -0.05) is 18.2 Å². The number of benzene rings is 3. The number of rotatable bonds is 5. The van der Waals surface area contributed by atoms with Gasteiger partial charge < -0.3 is 14.2 Å². The molecule has 0 aliphatic rings. The van der Waals surface area contributed by atoms with E-state index in [1.54, 1.807) is 26.0 Å². The van der Waals surface area contributed by atoms with Crippen LogP contribution in [-0.4, -0.2) is 30.1 Å². The molecule has 0 radical (unpaired) electrons. The SMILES string of the molecule is COC(=O)c1cc(C)c(OC(=O)c2c3ccccc3nc3ccc(OC(C)C)cc23)c(C)c1. The van der Waals surface area contributed by atoms with Gasteiger partial charge >= 0.3 is 11.9 Å². The summed E-state index contributed by atoms with van der Waals surface area (Å²) in [5.74, 6) is 0.120. The summed E-state index contributed by atoms with van der Waals surface area (Å²) in [6.07, 6.45) is -0.00936. The lowest BCUT2D eigenvalue weighted by Crippen LogP contribution is -2.13. The van der Waals surface area contributed by atoms with Gasteiger partial charge in [-0.3, -0.25) is 0 Å². The van der Waals surface area contributed by atoms with Gasteiger partial charge in [-0.2, -0.15) is 0 Å². The van der Waals surface area contributed by atoms with Crippen LogP contribution in [0.25, 0.3) is 21.8 Å². The van der Waals surface area contributed by atoms with E-state index in [4.69, 9.17) is 19.2 Å². The van der Waals surface area contributed by atoms with E-state index in [2.05, 4.69) is 0 Å². The summed E-state index contributed by atoms with van der Waals surface area (Å²) in [7, 11) is 1.33. The van der Waals surface area contributed by atoms with E-state index < -0.39 is 11.9 Å². The first-order valence-corrected chi connectivity index (χ1v) is 10.7. The number of aromatic nitrogens is 1. The Bertz CT molecular complexity index is 1370. The number of para-hydroxylation sites is 1. The standard InChI is InChI=1S/C27H25NO5/c1-15(2)32-19-10-11-23-21(14-19)24(20-8-6-7-9-22(20)28-23)27(30)33-25-16(3)12-18(13-17(25)4)26(29)31-5/h6-15H,1-5H3. The highest BCUT2D eigenvalue weighted by molar-refractivity contribution is 6.15. The molecule has 0 atom stereocenters. The van der Waals surface area contributed by atoms with E-state index in [0.717, 1.165) is 0 Å². The molecule has 0 saturated carbocycles. The third kappa shape index (κ3) is 4.37. The second-order valence-electron chi connectivity index (χ2n) is 8.17. The van der Waals surface area contributed by atoms with Gasteiger partial charge in [-0.25, -0.2) is 14.6 Å². The molecule has 0 aliphatic heterocycles. The Hall–Kier alpha value is -3.93. The molecule has 4 aromatic rings. The number of hydrogen-bond donors (Lipinski definition) is 0. The summed E-state index contributed by atoms with van der Waals surface area (Å²) < 4.78 is 16.6. The molecule has 0 bridgehead atoms. The van der Waals surface area contributed by atoms with Crippen molar-refractivity contribution in [3.05, 3.63) is 76.9 Å². The van der Waals surface area contributed by atoms with E-state index in [1.165, 1.54) is 7.11 Å². The molecule has 0 N–H and O–H groups in total. The minimum Gasteiger partial charge on any atom is -0.491 e. The summed E-state index contributed by atoms with van der Waals surface area (Å²) in [5, 5.41) is 1.34. The molecule has 0 aliphatic carbocycles. The number of hydrogen-bond acceptors (Lipinski definition) is 6. The molecule has 0 fully saturated rings. The number of nitrogens with zero attached hydrogens (tertiary/aromatic N) is 1. The van der Waals surface area contributed by atoms with Crippen LogP contribution >= 0.6 is 0 Å². The molecule has 4 rings (SSSR count). The average molecular weight is 443 g/mol. The zero-order valence-corrected chi connectivity index (χ0v) is 19.3. The topological polar surface area (TPSA) is 74.7 Å². The van der Waals surface area contributed by atoms with E-state index in [9.17, 15) is 9.59 Å². The first-order valence-electron chi connectivity index (χ1n) is 10.7. The lowest BCUT2D eigenvalue weighted by molar-refractivity contribution is 0.0600. The Labute approximate surface area is 192 Å². The molecule has 0 amide bonds. The van der Waals surface area contributed by atoms with Gasteiger partial charge in [-0.15, -0.1) is 0 Å². The monoisotopic (exact) mass is 443 g/mol. The molecule has 1 heterocycles. The normalized spacial score (nSPS) is 11.1. The van der Waals surface area contributed by atoms with Crippen molar-refractivity contribution in [2.45, 2.75) is 33.8 Å². The number of carbonyl (C=O) groups excluding carboxylic acids is 2. The van der Waals surface area contributed by atoms with Gasteiger partial charge in [0.1, 0.15) is 11.5 Å². The first kappa shape index (κ1) is 22.3. The van der Waals surface area contributed by atoms with Crippen LogP contribution in [0.4, 0.5) is 0 Å². The molecule has 6 heteroatoms.